The van der Waals surface area contributed by atoms with E-state index < -0.39 is 0 Å². The summed E-state index contributed by atoms with van der Waals surface area (Å²) in [5, 5.41) is 0. The minimum absolute atomic E-state index is 0.0349. The first-order valence-corrected chi connectivity index (χ1v) is 17.3. The summed E-state index contributed by atoms with van der Waals surface area (Å²) in [5.41, 5.74) is 8.26. The van der Waals surface area contributed by atoms with E-state index >= 15 is 0 Å². The van der Waals surface area contributed by atoms with Crippen LogP contribution in [0.1, 0.15) is 98.3 Å². The molecule has 0 aromatic heterocycles. The summed E-state index contributed by atoms with van der Waals surface area (Å²) in [4.78, 5) is 31.9. The van der Waals surface area contributed by atoms with Crippen LogP contribution in [0.15, 0.2) is 11.8 Å². The van der Waals surface area contributed by atoms with E-state index in [1.54, 1.807) is 0 Å². The van der Waals surface area contributed by atoms with Gasteiger partial charge in [0.15, 0.2) is 6.23 Å². The maximum atomic E-state index is 12.8. The number of piperidine rings is 1. The molecule has 0 bridgehead atoms. The van der Waals surface area contributed by atoms with Gasteiger partial charge in [0, 0.05) is 43.6 Å². The van der Waals surface area contributed by atoms with Crippen molar-refractivity contribution < 1.29 is 23.8 Å². The predicted octanol–water partition coefficient (Wildman–Crippen LogP) is 4.79. The Bertz CT molecular complexity index is 1010. The number of nitrogens with two attached hydrogens (primary N) is 1. The van der Waals surface area contributed by atoms with Crippen LogP contribution in [0.2, 0.25) is 0 Å². The van der Waals surface area contributed by atoms with Crippen molar-refractivity contribution in [2.45, 2.75) is 128 Å². The van der Waals surface area contributed by atoms with Crippen molar-refractivity contribution in [2.24, 2.45) is 28.9 Å². The van der Waals surface area contributed by atoms with Gasteiger partial charge in [-0.2, -0.15) is 0 Å². The second-order valence-corrected chi connectivity index (χ2v) is 15.7. The summed E-state index contributed by atoms with van der Waals surface area (Å²) in [6.45, 7) is 11.7. The molecular weight excluding hydrogens is 556 g/mol. The molecule has 2 N–H and O–H groups in total. The number of rotatable bonds is 14. The summed E-state index contributed by atoms with van der Waals surface area (Å²) in [6, 6.07) is 0.245. The highest BCUT2D eigenvalue weighted by molar-refractivity contribution is 5.77. The van der Waals surface area contributed by atoms with Crippen LogP contribution in [0.5, 0.6) is 0 Å². The minimum atomic E-state index is -0.355. The van der Waals surface area contributed by atoms with Crippen molar-refractivity contribution in [1.82, 2.24) is 14.7 Å². The van der Waals surface area contributed by atoms with Gasteiger partial charge in [-0.3, -0.25) is 14.5 Å². The maximum absolute atomic E-state index is 12.8. The Morgan fingerprint density at radius 1 is 1.02 bits per heavy atom. The third kappa shape index (κ3) is 8.18. The summed E-state index contributed by atoms with van der Waals surface area (Å²) in [5.74, 6) is 0.981. The molecule has 4 rings (SSSR count). The van der Waals surface area contributed by atoms with Crippen LogP contribution in [0, 0.1) is 23.2 Å². The highest BCUT2D eigenvalue weighted by Crippen LogP contribution is 2.58. The fraction of sp³-hybridized carbons (Fsp3) is 0.886. The van der Waals surface area contributed by atoms with Crippen molar-refractivity contribution in [2.75, 3.05) is 47.8 Å². The van der Waals surface area contributed by atoms with E-state index in [1.807, 2.05) is 44.3 Å². The maximum Gasteiger partial charge on any atom is 0.306 e. The van der Waals surface area contributed by atoms with Crippen molar-refractivity contribution in [1.29, 1.82) is 0 Å². The Morgan fingerprint density at radius 2 is 1.70 bits per heavy atom. The lowest BCUT2D eigenvalue weighted by atomic mass is 9.58. The van der Waals surface area contributed by atoms with Crippen molar-refractivity contribution >= 4 is 11.9 Å². The zero-order valence-corrected chi connectivity index (χ0v) is 29.0. The molecule has 3 aliphatic heterocycles. The molecule has 1 saturated carbocycles. The number of hydrogen-bond acceptors (Lipinski definition) is 9. The molecule has 252 valence electrons. The molecule has 0 spiro atoms. The molecule has 3 heterocycles. The first-order chi connectivity index (χ1) is 20.7. The smallest absolute Gasteiger partial charge is 0.306 e. The Hall–Kier alpha value is -1.68. The summed E-state index contributed by atoms with van der Waals surface area (Å²) >= 11 is 0. The van der Waals surface area contributed by atoms with Crippen LogP contribution >= 0.6 is 0 Å². The number of carbonyl (C=O) groups excluding carboxylic acids is 2. The average molecular weight is 619 g/mol. The van der Waals surface area contributed by atoms with E-state index in [2.05, 4.69) is 32.6 Å². The van der Waals surface area contributed by atoms with Crippen LogP contribution in [0.4, 0.5) is 0 Å². The molecule has 0 aromatic rings. The number of likely N-dealkylation sites (N-methyl/N-ethyl adjacent to an activating group) is 2. The van der Waals surface area contributed by atoms with E-state index in [1.165, 1.54) is 18.4 Å². The van der Waals surface area contributed by atoms with Gasteiger partial charge >= 0.3 is 11.9 Å². The lowest BCUT2D eigenvalue weighted by Gasteiger charge is -2.58. The Morgan fingerprint density at radius 3 is 2.36 bits per heavy atom. The van der Waals surface area contributed by atoms with E-state index in [4.69, 9.17) is 19.9 Å². The quantitative estimate of drug-likeness (QED) is 0.276. The van der Waals surface area contributed by atoms with Crippen LogP contribution in [0.25, 0.3) is 0 Å². The third-order valence-electron chi connectivity index (χ3n) is 11.2. The molecule has 2 saturated heterocycles. The van der Waals surface area contributed by atoms with E-state index in [0.717, 1.165) is 51.0 Å². The largest absolute Gasteiger partial charge is 0.482 e. The van der Waals surface area contributed by atoms with Gasteiger partial charge in [0.25, 0.3) is 0 Å². The van der Waals surface area contributed by atoms with Gasteiger partial charge in [0.1, 0.15) is 12.2 Å². The van der Waals surface area contributed by atoms with Gasteiger partial charge in [0.2, 0.25) is 0 Å². The summed E-state index contributed by atoms with van der Waals surface area (Å²) in [6.07, 6.45) is 11.3. The van der Waals surface area contributed by atoms with Gasteiger partial charge in [-0.05, 0) is 96.5 Å². The summed E-state index contributed by atoms with van der Waals surface area (Å²) in [7, 11) is 7.82. The molecule has 4 aliphatic rings. The van der Waals surface area contributed by atoms with Crippen LogP contribution in [0.3, 0.4) is 0 Å². The Kier molecular flexibility index (Phi) is 11.9. The van der Waals surface area contributed by atoms with Crippen LogP contribution in [-0.2, 0) is 23.8 Å². The first-order valence-electron chi connectivity index (χ1n) is 17.3. The highest BCUT2D eigenvalue weighted by Gasteiger charge is 2.59. The second-order valence-electron chi connectivity index (χ2n) is 15.7. The molecular formula is C35H62N4O5. The monoisotopic (exact) mass is 618 g/mol. The lowest BCUT2D eigenvalue weighted by Crippen LogP contribution is -2.63. The molecule has 0 amide bonds. The molecule has 7 unspecified atom stereocenters. The molecule has 44 heavy (non-hydrogen) atoms. The normalized spacial score (nSPS) is 32.6. The Labute approximate surface area is 267 Å². The van der Waals surface area contributed by atoms with Gasteiger partial charge in [-0.15, -0.1) is 0 Å². The zero-order valence-electron chi connectivity index (χ0n) is 29.0. The number of fused-ring (bicyclic) bond motifs is 5. The van der Waals surface area contributed by atoms with Gasteiger partial charge < -0.3 is 29.7 Å². The number of carbonyl (C=O) groups is 2. The molecule has 3 fully saturated rings. The van der Waals surface area contributed by atoms with Gasteiger partial charge in [-0.25, -0.2) is 0 Å². The number of nitrogens with zero attached hydrogens (tertiary/aromatic N) is 3. The fourth-order valence-electron chi connectivity index (χ4n) is 8.75. The van der Waals surface area contributed by atoms with Crippen LogP contribution in [-0.4, -0.2) is 104 Å². The SMILES string of the molecule is CC(C)CCCC(N)C1CCN2C3OC=C4CC(OC(=O)CCC(=O)OC(CN(C)C)CN(C)C)CCC4(C)C3CCC12C. The van der Waals surface area contributed by atoms with E-state index in [9.17, 15) is 9.59 Å². The Balaban J connectivity index is 1.29. The lowest BCUT2D eigenvalue weighted by molar-refractivity contribution is -0.173. The van der Waals surface area contributed by atoms with Crippen molar-refractivity contribution in [3.63, 3.8) is 0 Å². The summed E-state index contributed by atoms with van der Waals surface area (Å²) < 4.78 is 18.1. The molecule has 0 radical (unpaired) electrons. The van der Waals surface area contributed by atoms with Crippen LogP contribution < -0.4 is 5.73 Å². The fourth-order valence-corrected chi connectivity index (χ4v) is 8.75. The van der Waals surface area contributed by atoms with Crippen molar-refractivity contribution in [3.8, 4) is 0 Å². The first kappa shape index (κ1) is 35.2. The molecule has 0 aromatic carbocycles. The minimum Gasteiger partial charge on any atom is -0.482 e. The zero-order chi connectivity index (χ0) is 32.2. The highest BCUT2D eigenvalue weighted by atomic mass is 16.6. The van der Waals surface area contributed by atoms with Crippen molar-refractivity contribution in [3.05, 3.63) is 11.8 Å². The van der Waals surface area contributed by atoms with E-state index in [0.29, 0.717) is 31.3 Å². The molecule has 1 aliphatic carbocycles. The predicted molar refractivity (Wildman–Crippen MR) is 174 cm³/mol. The average Bonchev–Trinajstić information content (AvgIpc) is 3.28. The second kappa shape index (κ2) is 14.8. The topological polar surface area (TPSA) is 97.6 Å². The van der Waals surface area contributed by atoms with E-state index in [-0.39, 0.29) is 60.2 Å². The number of esters is 2. The molecule has 9 nitrogen and oxygen atoms in total. The molecule has 7 atom stereocenters. The number of hydrogen-bond donors (Lipinski definition) is 1. The standard InChI is InChI=1S/C35H62N4O5/c1-24(2)10-9-11-30(36)28-16-19-39-33-29(15-18-35(28,39)4)34(3)17-14-26(20-25(34)23-42-33)43-31(40)12-13-32(41)44-27(21-37(5)6)22-38(7)8/h23-24,26-30,33H,9-22,36H2,1-8H3. The number of ether oxygens (including phenoxy) is 3. The van der Waals surface area contributed by atoms with Gasteiger partial charge in [-0.1, -0.05) is 33.6 Å². The third-order valence-corrected chi connectivity index (χ3v) is 11.2. The molecule has 9 heteroatoms. The van der Waals surface area contributed by atoms with Gasteiger partial charge in [0.05, 0.1) is 19.1 Å².